The Kier molecular flexibility index (Phi) is 4.54. The molecule has 0 unspecified atom stereocenters. The fourth-order valence-corrected chi connectivity index (χ4v) is 2.22. The lowest BCUT2D eigenvalue weighted by Gasteiger charge is -2.09. The van der Waals surface area contributed by atoms with Crippen LogP contribution in [0.4, 0.5) is 11.4 Å². The summed E-state index contributed by atoms with van der Waals surface area (Å²) in [5.41, 5.74) is 1.28. The summed E-state index contributed by atoms with van der Waals surface area (Å²) < 4.78 is 0.405. The number of hydrogen-bond acceptors (Lipinski definition) is 4. The maximum Gasteiger partial charge on any atom is 0.337 e. The maximum atomic E-state index is 11.1. The first-order chi connectivity index (χ1) is 9.99. The summed E-state index contributed by atoms with van der Waals surface area (Å²) in [4.78, 5) is 21.5. The van der Waals surface area contributed by atoms with Crippen LogP contribution in [0.5, 0.6) is 0 Å². The van der Waals surface area contributed by atoms with Gasteiger partial charge in [0, 0.05) is 18.3 Å². The van der Waals surface area contributed by atoms with Gasteiger partial charge < -0.3 is 10.4 Å². The Morgan fingerprint density at radius 1 is 1.29 bits per heavy atom. The van der Waals surface area contributed by atoms with E-state index in [1.807, 2.05) is 0 Å². The van der Waals surface area contributed by atoms with Crippen molar-refractivity contribution in [3.8, 4) is 0 Å². The van der Waals surface area contributed by atoms with E-state index in [0.29, 0.717) is 22.3 Å². The van der Waals surface area contributed by atoms with E-state index in [1.54, 1.807) is 30.3 Å². The molecule has 0 atom stereocenters. The largest absolute Gasteiger partial charge is 0.478 e. The number of nitrogens with one attached hydrogen (secondary N) is 1. The van der Waals surface area contributed by atoms with Crippen molar-refractivity contribution in [2.75, 3.05) is 5.32 Å². The Morgan fingerprint density at radius 3 is 2.67 bits per heavy atom. The smallest absolute Gasteiger partial charge is 0.337 e. The number of benzene rings is 2. The number of carboxylic acid groups (broad SMARTS) is 1. The zero-order valence-electron chi connectivity index (χ0n) is 10.7. The number of halogens is 1. The molecule has 0 fully saturated rings. The third kappa shape index (κ3) is 3.57. The number of carbonyl (C=O) groups is 1. The molecule has 0 heterocycles. The van der Waals surface area contributed by atoms with Gasteiger partial charge in [-0.3, -0.25) is 10.1 Å². The molecule has 0 aliphatic rings. The number of aromatic carboxylic acids is 1. The number of para-hydroxylation sites is 1. The first-order valence-electron chi connectivity index (χ1n) is 5.98. The maximum absolute atomic E-state index is 11.1. The Hall–Kier alpha value is -2.41. The summed E-state index contributed by atoms with van der Waals surface area (Å²) in [6.45, 7) is 0.290. The molecule has 0 amide bonds. The van der Waals surface area contributed by atoms with E-state index >= 15 is 0 Å². The van der Waals surface area contributed by atoms with Crippen molar-refractivity contribution in [3.63, 3.8) is 0 Å². The van der Waals surface area contributed by atoms with Gasteiger partial charge in [-0.2, -0.15) is 0 Å². The number of hydrogen-bond donors (Lipinski definition) is 2. The van der Waals surface area contributed by atoms with Gasteiger partial charge in [0.05, 0.1) is 15.0 Å². The van der Waals surface area contributed by atoms with Gasteiger partial charge in [0.2, 0.25) is 0 Å². The highest BCUT2D eigenvalue weighted by Crippen LogP contribution is 2.26. The molecule has 0 saturated carbocycles. The van der Waals surface area contributed by atoms with Crippen molar-refractivity contribution in [2.45, 2.75) is 6.54 Å². The molecule has 0 bridgehead atoms. The number of rotatable bonds is 5. The van der Waals surface area contributed by atoms with Crippen LogP contribution in [-0.2, 0) is 6.54 Å². The fraction of sp³-hybridized carbons (Fsp3) is 0.0714. The SMILES string of the molecule is O=C(O)c1ccccc1NCc1ccc(Br)c([N+](=O)[O-])c1. The van der Waals surface area contributed by atoms with E-state index in [-0.39, 0.29) is 11.3 Å². The van der Waals surface area contributed by atoms with Crippen LogP contribution in [0.2, 0.25) is 0 Å². The van der Waals surface area contributed by atoms with E-state index in [0.717, 1.165) is 0 Å². The van der Waals surface area contributed by atoms with E-state index < -0.39 is 10.9 Å². The van der Waals surface area contributed by atoms with Crippen LogP contribution in [0.25, 0.3) is 0 Å². The Balaban J connectivity index is 2.19. The van der Waals surface area contributed by atoms with Crippen LogP contribution in [0, 0.1) is 10.1 Å². The summed E-state index contributed by atoms with van der Waals surface area (Å²) >= 11 is 3.12. The van der Waals surface area contributed by atoms with Gasteiger partial charge in [0.1, 0.15) is 0 Å². The van der Waals surface area contributed by atoms with E-state index in [1.165, 1.54) is 12.1 Å². The van der Waals surface area contributed by atoms with Crippen molar-refractivity contribution >= 4 is 33.3 Å². The number of nitro groups is 1. The summed E-state index contributed by atoms with van der Waals surface area (Å²) in [5.74, 6) is -1.03. The summed E-state index contributed by atoms with van der Waals surface area (Å²) in [6.07, 6.45) is 0. The number of nitrogens with zero attached hydrogens (tertiary/aromatic N) is 1. The van der Waals surface area contributed by atoms with Crippen molar-refractivity contribution in [1.82, 2.24) is 0 Å². The van der Waals surface area contributed by atoms with Crippen LogP contribution in [-0.4, -0.2) is 16.0 Å². The van der Waals surface area contributed by atoms with E-state index in [4.69, 9.17) is 5.11 Å². The zero-order chi connectivity index (χ0) is 15.4. The molecular weight excluding hydrogens is 340 g/mol. The number of nitro benzene ring substituents is 1. The summed E-state index contributed by atoms with van der Waals surface area (Å²) in [7, 11) is 0. The molecule has 21 heavy (non-hydrogen) atoms. The Bertz CT molecular complexity index is 703. The van der Waals surface area contributed by atoms with Crippen LogP contribution in [0.3, 0.4) is 0 Å². The fourth-order valence-electron chi connectivity index (χ4n) is 1.83. The van der Waals surface area contributed by atoms with Crippen LogP contribution in [0.15, 0.2) is 46.9 Å². The Morgan fingerprint density at radius 2 is 2.00 bits per heavy atom. The molecular formula is C14H11BrN2O4. The lowest BCUT2D eigenvalue weighted by atomic mass is 10.1. The van der Waals surface area contributed by atoms with Crippen molar-refractivity contribution < 1.29 is 14.8 Å². The highest BCUT2D eigenvalue weighted by Gasteiger charge is 2.13. The molecule has 0 aromatic heterocycles. The monoisotopic (exact) mass is 350 g/mol. The van der Waals surface area contributed by atoms with Crippen LogP contribution in [0.1, 0.15) is 15.9 Å². The molecule has 0 aliphatic heterocycles. The van der Waals surface area contributed by atoms with Gasteiger partial charge in [0.25, 0.3) is 5.69 Å². The molecule has 108 valence electrons. The predicted octanol–water partition coefficient (Wildman–Crippen LogP) is 3.67. The second kappa shape index (κ2) is 6.36. The molecule has 7 heteroatoms. The quantitative estimate of drug-likeness (QED) is 0.633. The third-order valence-electron chi connectivity index (χ3n) is 2.85. The molecule has 0 aliphatic carbocycles. The minimum absolute atomic E-state index is 0.0270. The lowest BCUT2D eigenvalue weighted by Crippen LogP contribution is -2.06. The second-order valence-corrected chi connectivity index (χ2v) is 5.10. The topological polar surface area (TPSA) is 92.5 Å². The number of anilines is 1. The van der Waals surface area contributed by atoms with Gasteiger partial charge in [-0.15, -0.1) is 0 Å². The molecule has 6 nitrogen and oxygen atoms in total. The average Bonchev–Trinajstić information content (AvgIpc) is 2.46. The van der Waals surface area contributed by atoms with Gasteiger partial charge in [-0.05, 0) is 39.7 Å². The van der Waals surface area contributed by atoms with Gasteiger partial charge in [0.15, 0.2) is 0 Å². The molecule has 0 saturated heterocycles. The molecule has 2 aromatic rings. The van der Waals surface area contributed by atoms with Crippen LogP contribution < -0.4 is 5.32 Å². The van der Waals surface area contributed by atoms with Gasteiger partial charge in [-0.1, -0.05) is 18.2 Å². The Labute approximate surface area is 128 Å². The molecule has 0 spiro atoms. The minimum Gasteiger partial charge on any atom is -0.478 e. The second-order valence-electron chi connectivity index (χ2n) is 4.25. The highest BCUT2D eigenvalue weighted by molar-refractivity contribution is 9.10. The summed E-state index contributed by atoms with van der Waals surface area (Å²) in [6, 6.07) is 11.3. The minimum atomic E-state index is -1.03. The lowest BCUT2D eigenvalue weighted by molar-refractivity contribution is -0.385. The summed E-state index contributed by atoms with van der Waals surface area (Å²) in [5, 5.41) is 22.9. The molecule has 2 aromatic carbocycles. The molecule has 2 N–H and O–H groups in total. The van der Waals surface area contributed by atoms with Crippen LogP contribution >= 0.6 is 15.9 Å². The van der Waals surface area contributed by atoms with Crippen molar-refractivity contribution in [2.24, 2.45) is 0 Å². The molecule has 0 radical (unpaired) electrons. The molecule has 2 rings (SSSR count). The van der Waals surface area contributed by atoms with Gasteiger partial charge in [-0.25, -0.2) is 4.79 Å². The first kappa shape index (κ1) is 15.0. The average molecular weight is 351 g/mol. The number of carboxylic acids is 1. The predicted molar refractivity (Wildman–Crippen MR) is 81.5 cm³/mol. The van der Waals surface area contributed by atoms with E-state index in [9.17, 15) is 14.9 Å². The highest BCUT2D eigenvalue weighted by atomic mass is 79.9. The van der Waals surface area contributed by atoms with Crippen molar-refractivity contribution in [3.05, 3.63) is 68.2 Å². The zero-order valence-corrected chi connectivity index (χ0v) is 12.3. The standard InChI is InChI=1S/C14H11BrN2O4/c15-11-6-5-9(7-13(11)17(20)21)8-16-12-4-2-1-3-10(12)14(18)19/h1-7,16H,8H2,(H,18,19). The first-order valence-corrected chi connectivity index (χ1v) is 6.77. The third-order valence-corrected chi connectivity index (χ3v) is 3.52. The van der Waals surface area contributed by atoms with Crippen molar-refractivity contribution in [1.29, 1.82) is 0 Å². The normalized spacial score (nSPS) is 10.1. The van der Waals surface area contributed by atoms with E-state index in [2.05, 4.69) is 21.2 Å². The van der Waals surface area contributed by atoms with Gasteiger partial charge >= 0.3 is 5.97 Å².